The lowest BCUT2D eigenvalue weighted by Crippen LogP contribution is -2.29. The number of thiophene rings is 1. The second-order valence-corrected chi connectivity index (χ2v) is 10.5. The molecule has 4 rings (SSSR count). The van der Waals surface area contributed by atoms with E-state index >= 15 is 0 Å². The smallest absolute Gasteiger partial charge is 0.290 e. The van der Waals surface area contributed by atoms with E-state index in [0.29, 0.717) is 5.41 Å². The van der Waals surface area contributed by atoms with Gasteiger partial charge < -0.3 is 10.0 Å². The van der Waals surface area contributed by atoms with E-state index in [1.54, 1.807) is 10.4 Å². The summed E-state index contributed by atoms with van der Waals surface area (Å²) in [5.41, 5.74) is 7.70. The first-order valence-electron chi connectivity index (χ1n) is 10.8. The molecule has 1 aromatic carbocycles. The third kappa shape index (κ3) is 5.21. The van der Waals surface area contributed by atoms with Gasteiger partial charge in [-0.25, -0.2) is 0 Å². The van der Waals surface area contributed by atoms with Gasteiger partial charge in [-0.05, 0) is 85.3 Å². The number of nitrogens with zero attached hydrogens (tertiary/aromatic N) is 1. The summed E-state index contributed by atoms with van der Waals surface area (Å²) in [5, 5.41) is 6.89. The molecule has 4 nitrogen and oxygen atoms in total. The van der Waals surface area contributed by atoms with Crippen LogP contribution in [0.5, 0.6) is 0 Å². The molecule has 0 bridgehead atoms. The van der Waals surface area contributed by atoms with Crippen LogP contribution in [0.15, 0.2) is 18.2 Å². The van der Waals surface area contributed by atoms with Crippen molar-refractivity contribution in [2.75, 3.05) is 18.0 Å². The first-order chi connectivity index (χ1) is 14.4. The van der Waals surface area contributed by atoms with Gasteiger partial charge in [-0.3, -0.25) is 9.52 Å². The number of fused-ring (bicyclic) bond motifs is 1. The maximum atomic E-state index is 8.36. The molecule has 0 saturated carbocycles. The Balaban J connectivity index is 0.000000806. The molecule has 0 radical (unpaired) electrons. The van der Waals surface area contributed by atoms with Gasteiger partial charge in [-0.2, -0.15) is 0 Å². The number of hydrogen-bond donors (Lipinski definition) is 3. The normalized spacial score (nSPS) is 17.7. The van der Waals surface area contributed by atoms with Gasteiger partial charge in [-0.15, -0.1) is 11.3 Å². The highest BCUT2D eigenvalue weighted by molar-refractivity contribution is 7.78. The van der Waals surface area contributed by atoms with Crippen molar-refractivity contribution < 1.29 is 9.90 Å². The second-order valence-electron chi connectivity index (χ2n) is 9.13. The minimum absolute atomic E-state index is 0.250. The van der Waals surface area contributed by atoms with E-state index in [-0.39, 0.29) is 6.47 Å². The first kappa shape index (κ1) is 23.2. The third-order valence-electron chi connectivity index (χ3n) is 6.36. The van der Waals surface area contributed by atoms with Crippen molar-refractivity contribution in [2.24, 2.45) is 5.41 Å². The second kappa shape index (κ2) is 10.2. The van der Waals surface area contributed by atoms with Crippen LogP contribution >= 0.6 is 24.2 Å². The lowest BCUT2D eigenvalue weighted by Gasteiger charge is -2.30. The molecule has 1 saturated heterocycles. The minimum atomic E-state index is -0.250. The molecule has 0 atom stereocenters. The van der Waals surface area contributed by atoms with E-state index < -0.39 is 0 Å². The minimum Gasteiger partial charge on any atom is -0.483 e. The Morgan fingerprint density at radius 2 is 1.97 bits per heavy atom. The molecule has 0 amide bonds. The molecule has 6 heteroatoms. The molecule has 1 aliphatic heterocycles. The highest BCUT2D eigenvalue weighted by Gasteiger charge is 2.29. The summed E-state index contributed by atoms with van der Waals surface area (Å²) < 4.78 is 3.10. The number of carbonyl (C=O) groups is 1. The van der Waals surface area contributed by atoms with E-state index in [0.717, 1.165) is 6.54 Å². The number of benzene rings is 1. The van der Waals surface area contributed by atoms with Crippen LogP contribution in [0.1, 0.15) is 61.1 Å². The monoisotopic (exact) mass is 446 g/mol. The summed E-state index contributed by atoms with van der Waals surface area (Å²) in [6.45, 7) is 10.1. The highest BCUT2D eigenvalue weighted by atomic mass is 32.1. The SMILES string of the molecule is Cc1c(-c2ccc(N3CCCCC3)cc2CNS)sc2c1CC(C)(C)CC2.O=CO. The molecule has 164 valence electrons. The zero-order chi connectivity index (χ0) is 21.7. The van der Waals surface area contributed by atoms with E-state index in [2.05, 4.69) is 61.4 Å². The van der Waals surface area contributed by atoms with Crippen molar-refractivity contribution in [3.63, 3.8) is 0 Å². The van der Waals surface area contributed by atoms with Gasteiger partial charge in [0.05, 0.1) is 0 Å². The first-order valence-corrected chi connectivity index (χ1v) is 12.1. The largest absolute Gasteiger partial charge is 0.483 e. The van der Waals surface area contributed by atoms with E-state index in [9.17, 15) is 0 Å². The summed E-state index contributed by atoms with van der Waals surface area (Å²) >= 11 is 6.34. The zero-order valence-electron chi connectivity index (χ0n) is 18.3. The van der Waals surface area contributed by atoms with Crippen molar-refractivity contribution in [2.45, 2.75) is 65.8 Å². The number of aryl methyl sites for hydroxylation is 1. The average Bonchev–Trinajstić information content (AvgIpc) is 3.04. The predicted octanol–water partition coefficient (Wildman–Crippen LogP) is 5.86. The van der Waals surface area contributed by atoms with Crippen molar-refractivity contribution >= 4 is 36.3 Å². The van der Waals surface area contributed by atoms with Crippen LogP contribution < -0.4 is 9.62 Å². The maximum Gasteiger partial charge on any atom is 0.290 e. The van der Waals surface area contributed by atoms with Crippen molar-refractivity contribution in [1.29, 1.82) is 0 Å². The summed E-state index contributed by atoms with van der Waals surface area (Å²) in [6.07, 6.45) is 7.76. The van der Waals surface area contributed by atoms with Crippen LogP contribution in [-0.4, -0.2) is 24.7 Å². The molecule has 30 heavy (non-hydrogen) atoms. The Bertz CT molecular complexity index is 870. The Morgan fingerprint density at radius 1 is 1.27 bits per heavy atom. The molecule has 1 aliphatic carbocycles. The fourth-order valence-corrected chi connectivity index (χ4v) is 6.25. The van der Waals surface area contributed by atoms with Crippen LogP contribution in [0.3, 0.4) is 0 Å². The third-order valence-corrected chi connectivity index (χ3v) is 7.95. The van der Waals surface area contributed by atoms with E-state index in [4.69, 9.17) is 9.90 Å². The maximum absolute atomic E-state index is 8.36. The number of hydrogen-bond acceptors (Lipinski definition) is 5. The molecule has 0 spiro atoms. The average molecular weight is 447 g/mol. The Morgan fingerprint density at radius 3 is 2.63 bits per heavy atom. The summed E-state index contributed by atoms with van der Waals surface area (Å²) in [5.74, 6) is 0. The fraction of sp³-hybridized carbons (Fsp3) is 0.542. The Kier molecular flexibility index (Phi) is 7.88. The molecule has 2 aliphatic rings. The van der Waals surface area contributed by atoms with Gasteiger partial charge in [0.15, 0.2) is 0 Å². The summed E-state index contributed by atoms with van der Waals surface area (Å²) in [6, 6.07) is 7.09. The molecule has 2 heterocycles. The van der Waals surface area contributed by atoms with E-state index in [1.807, 2.05) is 11.3 Å². The zero-order valence-corrected chi connectivity index (χ0v) is 20.0. The number of anilines is 1. The molecule has 1 fully saturated rings. The number of thiol groups is 1. The van der Waals surface area contributed by atoms with Gasteiger partial charge in [-0.1, -0.05) is 32.7 Å². The number of piperidine rings is 1. The van der Waals surface area contributed by atoms with Crippen molar-refractivity contribution in [3.8, 4) is 10.4 Å². The van der Waals surface area contributed by atoms with Gasteiger partial charge in [0, 0.05) is 35.1 Å². The topological polar surface area (TPSA) is 52.6 Å². The lowest BCUT2D eigenvalue weighted by atomic mass is 9.76. The molecule has 0 unspecified atom stereocenters. The number of rotatable bonds is 4. The lowest BCUT2D eigenvalue weighted by molar-refractivity contribution is -0.122. The van der Waals surface area contributed by atoms with Gasteiger partial charge in [0.2, 0.25) is 0 Å². The van der Waals surface area contributed by atoms with Crippen LogP contribution in [0.25, 0.3) is 10.4 Å². The van der Waals surface area contributed by atoms with Crippen molar-refractivity contribution in [3.05, 3.63) is 39.8 Å². The Labute approximate surface area is 190 Å². The number of carboxylic acid groups (broad SMARTS) is 1. The van der Waals surface area contributed by atoms with Crippen LogP contribution in [0.4, 0.5) is 5.69 Å². The van der Waals surface area contributed by atoms with Gasteiger partial charge in [0.1, 0.15) is 0 Å². The molecule has 2 N–H and O–H groups in total. The standard InChI is InChI=1S/C23H32N2S2.CH2O2/c1-16-20-14-23(2,3)10-9-21(20)27-22(16)19-8-7-18(13-17(19)15-24-26)25-11-5-4-6-12-25;2-1-3/h7-8,13,24,26H,4-6,9-12,14-15H2,1-3H3;1H,(H,2,3). The molecule has 2 aromatic rings. The molecule has 1 aromatic heterocycles. The number of nitrogens with one attached hydrogen (secondary N) is 1. The van der Waals surface area contributed by atoms with E-state index in [1.165, 1.54) is 78.9 Å². The molecular weight excluding hydrogens is 412 g/mol. The summed E-state index contributed by atoms with van der Waals surface area (Å²) in [7, 11) is 0. The Hall–Kier alpha value is -1.50. The fourth-order valence-electron chi connectivity index (χ4n) is 4.70. The van der Waals surface area contributed by atoms with Crippen LogP contribution in [0.2, 0.25) is 0 Å². The van der Waals surface area contributed by atoms with Gasteiger partial charge in [0.25, 0.3) is 6.47 Å². The van der Waals surface area contributed by atoms with Gasteiger partial charge >= 0.3 is 0 Å². The molecular formula is C24H34N2O2S2. The van der Waals surface area contributed by atoms with Crippen molar-refractivity contribution in [1.82, 2.24) is 4.72 Å². The quantitative estimate of drug-likeness (QED) is 0.406. The van der Waals surface area contributed by atoms with Crippen LogP contribution in [-0.2, 0) is 24.2 Å². The van der Waals surface area contributed by atoms with Crippen LogP contribution in [0, 0.1) is 12.3 Å². The highest BCUT2D eigenvalue weighted by Crippen LogP contribution is 2.45. The predicted molar refractivity (Wildman–Crippen MR) is 131 cm³/mol. The summed E-state index contributed by atoms with van der Waals surface area (Å²) in [4.78, 5) is 14.0.